The van der Waals surface area contributed by atoms with E-state index >= 15 is 0 Å². The molecule has 1 aliphatic carbocycles. The molecule has 0 spiro atoms. The molecular formula is C71H47NO. The maximum absolute atomic E-state index is 6.50. The fraction of sp³-hybridized carbons (Fsp3) is 0.0141. The van der Waals surface area contributed by atoms with Crippen LogP contribution in [0.15, 0.2) is 290 Å². The van der Waals surface area contributed by atoms with Gasteiger partial charge in [-0.3, -0.25) is 0 Å². The first kappa shape index (κ1) is 42.4. The van der Waals surface area contributed by atoms with Crippen LogP contribution in [0.3, 0.4) is 0 Å². The van der Waals surface area contributed by atoms with Crippen LogP contribution in [0.2, 0.25) is 0 Å². The van der Waals surface area contributed by atoms with E-state index in [0.717, 1.165) is 66.8 Å². The number of anilines is 3. The van der Waals surface area contributed by atoms with E-state index in [1.54, 1.807) is 0 Å². The van der Waals surface area contributed by atoms with Crippen molar-refractivity contribution in [2.75, 3.05) is 4.90 Å². The molecule has 0 aliphatic heterocycles. The lowest BCUT2D eigenvalue weighted by molar-refractivity contribution is 0.670. The van der Waals surface area contributed by atoms with Gasteiger partial charge < -0.3 is 9.32 Å². The zero-order chi connectivity index (χ0) is 48.3. The van der Waals surface area contributed by atoms with Crippen molar-refractivity contribution in [2.24, 2.45) is 0 Å². The van der Waals surface area contributed by atoms with Crippen molar-refractivity contribution in [1.82, 2.24) is 0 Å². The fourth-order valence-electron chi connectivity index (χ4n) is 11.8. The quantitative estimate of drug-likeness (QED) is 0.143. The van der Waals surface area contributed by atoms with E-state index in [4.69, 9.17) is 4.42 Å². The predicted molar refractivity (Wildman–Crippen MR) is 305 cm³/mol. The van der Waals surface area contributed by atoms with E-state index in [2.05, 4.69) is 278 Å². The Bertz CT molecular complexity index is 4140. The SMILES string of the molecule is c1ccc(C2(c3ccccc3)c3ccccc3-c3ccc(-c4ccc(N(c5ccc(-c6cccc7c6oc6ccccc67)cc5)c5cccc(-c6cccc(-c7cccc8ccccc78)c6)c5)cc4)cc32)cc1. The maximum atomic E-state index is 6.50. The summed E-state index contributed by atoms with van der Waals surface area (Å²) in [5.41, 5.74) is 21.5. The average molecular weight is 930 g/mol. The van der Waals surface area contributed by atoms with Gasteiger partial charge in [0.1, 0.15) is 11.2 Å². The number of nitrogens with zero attached hydrogens (tertiary/aromatic N) is 1. The molecule has 2 nitrogen and oxygen atoms in total. The van der Waals surface area contributed by atoms with Gasteiger partial charge >= 0.3 is 0 Å². The highest BCUT2D eigenvalue weighted by Crippen LogP contribution is 2.57. The minimum atomic E-state index is -0.470. The Morgan fingerprint density at radius 3 is 1.58 bits per heavy atom. The molecule has 1 aromatic heterocycles. The minimum Gasteiger partial charge on any atom is -0.455 e. The number of hydrogen-bond acceptors (Lipinski definition) is 2. The molecule has 0 saturated heterocycles. The number of fused-ring (bicyclic) bond motifs is 7. The minimum absolute atomic E-state index is 0.470. The van der Waals surface area contributed by atoms with Gasteiger partial charge in [-0.05, 0) is 138 Å². The lowest BCUT2D eigenvalue weighted by atomic mass is 9.67. The van der Waals surface area contributed by atoms with Crippen LogP contribution in [0.5, 0.6) is 0 Å². The Balaban J connectivity index is 0.879. The van der Waals surface area contributed by atoms with Crippen molar-refractivity contribution >= 4 is 49.8 Å². The third-order valence-corrected chi connectivity index (χ3v) is 15.2. The standard InChI is InChI=1S/C71H47NO/c1-3-22-55(23-4-1)71(56-24-5-2-6-25-56)67-33-11-9-28-63(67)64-44-39-53(47-68(64)71)48-35-40-57(41-36-48)72(58-42-37-50(38-43-58)62-31-16-32-66-65-29-10-12-34-69(65)73-70(62)66)59-26-14-20-52(46-59)51-19-13-21-54(45-51)61-30-15-18-49-17-7-8-27-60(49)61/h1-47H. The second-order valence-electron chi connectivity index (χ2n) is 19.2. The van der Waals surface area contributed by atoms with Gasteiger partial charge in [-0.15, -0.1) is 0 Å². The zero-order valence-corrected chi connectivity index (χ0v) is 40.0. The Morgan fingerprint density at radius 1 is 0.274 bits per heavy atom. The number of para-hydroxylation sites is 2. The number of rotatable bonds is 9. The molecule has 13 aromatic rings. The molecule has 73 heavy (non-hydrogen) atoms. The highest BCUT2D eigenvalue weighted by Gasteiger charge is 2.46. The molecule has 0 bridgehead atoms. The van der Waals surface area contributed by atoms with Crippen LogP contribution >= 0.6 is 0 Å². The van der Waals surface area contributed by atoms with Gasteiger partial charge in [-0.1, -0.05) is 231 Å². The summed E-state index contributed by atoms with van der Waals surface area (Å²) in [4.78, 5) is 2.38. The van der Waals surface area contributed by atoms with E-state index in [-0.39, 0.29) is 0 Å². The molecule has 2 heteroatoms. The van der Waals surface area contributed by atoms with Gasteiger partial charge in [-0.2, -0.15) is 0 Å². The van der Waals surface area contributed by atoms with Gasteiger partial charge in [0.05, 0.1) is 5.41 Å². The van der Waals surface area contributed by atoms with E-state index in [1.807, 2.05) is 12.1 Å². The number of furan rings is 1. The van der Waals surface area contributed by atoms with Crippen molar-refractivity contribution in [3.8, 4) is 55.6 Å². The third-order valence-electron chi connectivity index (χ3n) is 15.2. The molecule has 14 rings (SSSR count). The molecule has 0 saturated carbocycles. The molecule has 0 amide bonds. The number of hydrogen-bond donors (Lipinski definition) is 0. The van der Waals surface area contributed by atoms with E-state index in [9.17, 15) is 0 Å². The van der Waals surface area contributed by atoms with Crippen molar-refractivity contribution in [1.29, 1.82) is 0 Å². The van der Waals surface area contributed by atoms with E-state index in [1.165, 1.54) is 60.8 Å². The van der Waals surface area contributed by atoms with Gasteiger partial charge in [0.15, 0.2) is 0 Å². The predicted octanol–water partition coefficient (Wildman–Crippen LogP) is 19.2. The van der Waals surface area contributed by atoms with Crippen molar-refractivity contribution in [2.45, 2.75) is 5.41 Å². The van der Waals surface area contributed by atoms with Crippen LogP contribution in [0.1, 0.15) is 22.3 Å². The van der Waals surface area contributed by atoms with Crippen LogP contribution in [-0.2, 0) is 5.41 Å². The summed E-state index contributed by atoms with van der Waals surface area (Å²) in [5.74, 6) is 0. The summed E-state index contributed by atoms with van der Waals surface area (Å²) in [6, 6.07) is 104. The molecule has 0 atom stereocenters. The molecule has 342 valence electrons. The highest BCUT2D eigenvalue weighted by molar-refractivity contribution is 6.09. The molecule has 1 heterocycles. The Hall–Kier alpha value is -9.50. The lowest BCUT2D eigenvalue weighted by Crippen LogP contribution is -2.28. The molecule has 0 radical (unpaired) electrons. The molecule has 0 unspecified atom stereocenters. The Labute approximate surface area is 425 Å². The number of benzene rings is 12. The molecular weight excluding hydrogens is 883 g/mol. The second kappa shape index (κ2) is 17.4. The first-order valence-corrected chi connectivity index (χ1v) is 25.1. The molecule has 12 aromatic carbocycles. The first-order valence-electron chi connectivity index (χ1n) is 25.1. The van der Waals surface area contributed by atoms with Crippen LogP contribution in [0.25, 0.3) is 88.3 Å². The average Bonchev–Trinajstić information content (AvgIpc) is 4.02. The Morgan fingerprint density at radius 2 is 0.795 bits per heavy atom. The van der Waals surface area contributed by atoms with Gasteiger partial charge in [0.25, 0.3) is 0 Å². The largest absolute Gasteiger partial charge is 0.455 e. The first-order chi connectivity index (χ1) is 36.2. The van der Waals surface area contributed by atoms with E-state index < -0.39 is 5.41 Å². The zero-order valence-electron chi connectivity index (χ0n) is 40.0. The van der Waals surface area contributed by atoms with Crippen molar-refractivity contribution in [3.63, 3.8) is 0 Å². The lowest BCUT2D eigenvalue weighted by Gasteiger charge is -2.34. The van der Waals surface area contributed by atoms with Gasteiger partial charge in [-0.25, -0.2) is 0 Å². The van der Waals surface area contributed by atoms with E-state index in [0.29, 0.717) is 0 Å². The second-order valence-corrected chi connectivity index (χ2v) is 19.2. The van der Waals surface area contributed by atoms with Crippen molar-refractivity contribution < 1.29 is 4.42 Å². The van der Waals surface area contributed by atoms with Crippen LogP contribution < -0.4 is 4.90 Å². The van der Waals surface area contributed by atoms with Crippen molar-refractivity contribution in [3.05, 3.63) is 307 Å². The van der Waals surface area contributed by atoms with Crippen LogP contribution in [0, 0.1) is 0 Å². The summed E-state index contributed by atoms with van der Waals surface area (Å²) < 4.78 is 6.50. The highest BCUT2D eigenvalue weighted by atomic mass is 16.3. The van der Waals surface area contributed by atoms with Gasteiger partial charge in [0.2, 0.25) is 0 Å². The summed E-state index contributed by atoms with van der Waals surface area (Å²) in [7, 11) is 0. The maximum Gasteiger partial charge on any atom is 0.143 e. The summed E-state index contributed by atoms with van der Waals surface area (Å²) >= 11 is 0. The molecule has 0 N–H and O–H groups in total. The van der Waals surface area contributed by atoms with Crippen LogP contribution in [0.4, 0.5) is 17.1 Å². The summed E-state index contributed by atoms with van der Waals surface area (Å²) in [6.45, 7) is 0. The monoisotopic (exact) mass is 929 g/mol. The normalized spacial score (nSPS) is 12.5. The third kappa shape index (κ3) is 7.02. The fourth-order valence-corrected chi connectivity index (χ4v) is 11.8. The van der Waals surface area contributed by atoms with Crippen LogP contribution in [-0.4, -0.2) is 0 Å². The molecule has 0 fully saturated rings. The molecule has 1 aliphatic rings. The topological polar surface area (TPSA) is 16.4 Å². The summed E-state index contributed by atoms with van der Waals surface area (Å²) in [6.07, 6.45) is 0. The Kier molecular flexibility index (Phi) is 10.1. The van der Waals surface area contributed by atoms with Gasteiger partial charge in [0, 0.05) is 33.4 Å². The summed E-state index contributed by atoms with van der Waals surface area (Å²) in [5, 5.41) is 4.74. The smallest absolute Gasteiger partial charge is 0.143 e.